The molecule has 2 heterocycles. The molecule has 0 radical (unpaired) electrons. The van der Waals surface area contributed by atoms with Gasteiger partial charge in [0.15, 0.2) is 0 Å². The van der Waals surface area contributed by atoms with Crippen LogP contribution in [0, 0.1) is 6.92 Å². The van der Waals surface area contributed by atoms with E-state index >= 15 is 0 Å². The Balaban J connectivity index is 1.64. The molecule has 0 saturated carbocycles. The second kappa shape index (κ2) is 6.56. The smallest absolute Gasteiger partial charge is 0.240 e. The summed E-state index contributed by atoms with van der Waals surface area (Å²) in [6.45, 7) is 6.04. The van der Waals surface area contributed by atoms with Crippen LogP contribution in [0.5, 0.6) is 0 Å². The number of aryl methyl sites for hydroxylation is 1. The zero-order valence-corrected chi connectivity index (χ0v) is 15.3. The number of fused-ring (bicyclic) bond motifs is 1. The van der Waals surface area contributed by atoms with E-state index in [9.17, 15) is 9.59 Å². The summed E-state index contributed by atoms with van der Waals surface area (Å²) in [6.07, 6.45) is 0.616. The highest BCUT2D eigenvalue weighted by atomic mass is 35.5. The highest BCUT2D eigenvalue weighted by molar-refractivity contribution is 6.31. The average Bonchev–Trinajstić information content (AvgIpc) is 3.03. The zero-order valence-electron chi connectivity index (χ0n) is 14.6. The van der Waals surface area contributed by atoms with Crippen molar-refractivity contribution in [3.05, 3.63) is 52.4 Å². The third-order valence-electron chi connectivity index (χ3n) is 4.49. The van der Waals surface area contributed by atoms with Gasteiger partial charge in [0.25, 0.3) is 0 Å². The maximum atomic E-state index is 12.7. The van der Waals surface area contributed by atoms with Gasteiger partial charge in [-0.25, -0.2) is 0 Å². The number of carbonyl (C=O) groups is 2. The summed E-state index contributed by atoms with van der Waals surface area (Å²) in [7, 11) is 0. The van der Waals surface area contributed by atoms with E-state index in [1.165, 1.54) is 4.90 Å². The maximum Gasteiger partial charge on any atom is 0.240 e. The summed E-state index contributed by atoms with van der Waals surface area (Å²) in [5.41, 5.74) is 0.909. The Morgan fingerprint density at radius 3 is 2.72 bits per heavy atom. The quantitative estimate of drug-likeness (QED) is 0.890. The summed E-state index contributed by atoms with van der Waals surface area (Å²) in [6, 6.07) is 9.12. The van der Waals surface area contributed by atoms with E-state index in [2.05, 4.69) is 5.32 Å². The van der Waals surface area contributed by atoms with Gasteiger partial charge in [0.05, 0.1) is 5.41 Å². The molecular formula is C19H21ClN2O3. The molecule has 0 unspecified atom stereocenters. The van der Waals surface area contributed by atoms with E-state index in [0.717, 1.165) is 22.8 Å². The maximum absolute atomic E-state index is 12.7. The molecule has 2 aromatic rings. The second-order valence-corrected chi connectivity index (χ2v) is 7.23. The van der Waals surface area contributed by atoms with Crippen LogP contribution in [0.1, 0.15) is 30.9 Å². The Kier molecular flexibility index (Phi) is 4.60. The van der Waals surface area contributed by atoms with E-state index in [0.29, 0.717) is 18.0 Å². The first kappa shape index (κ1) is 17.5. The molecule has 1 aliphatic heterocycles. The van der Waals surface area contributed by atoms with E-state index < -0.39 is 5.41 Å². The molecule has 0 saturated heterocycles. The van der Waals surface area contributed by atoms with Gasteiger partial charge in [-0.3, -0.25) is 9.59 Å². The lowest BCUT2D eigenvalue weighted by atomic mass is 9.86. The van der Waals surface area contributed by atoms with Crippen LogP contribution in [0.25, 0.3) is 0 Å². The fourth-order valence-corrected chi connectivity index (χ4v) is 3.28. The molecule has 2 amide bonds. The molecule has 0 atom stereocenters. The molecule has 0 fully saturated rings. The molecule has 1 aliphatic rings. The van der Waals surface area contributed by atoms with Crippen molar-refractivity contribution in [1.82, 2.24) is 5.32 Å². The number of amides is 2. The number of furan rings is 1. The summed E-state index contributed by atoms with van der Waals surface area (Å²) in [4.78, 5) is 26.5. The predicted molar refractivity (Wildman–Crippen MR) is 97.0 cm³/mol. The van der Waals surface area contributed by atoms with Crippen LogP contribution in [-0.2, 0) is 21.4 Å². The third kappa shape index (κ3) is 3.42. The fourth-order valence-electron chi connectivity index (χ4n) is 3.11. The molecule has 3 rings (SSSR count). The number of nitrogens with zero attached hydrogens (tertiary/aromatic N) is 1. The van der Waals surface area contributed by atoms with Crippen LogP contribution in [-0.4, -0.2) is 24.9 Å². The highest BCUT2D eigenvalue weighted by Gasteiger charge is 2.44. The van der Waals surface area contributed by atoms with Gasteiger partial charge in [0, 0.05) is 23.7 Å². The van der Waals surface area contributed by atoms with Gasteiger partial charge in [-0.15, -0.1) is 0 Å². The number of rotatable bonds is 5. The Morgan fingerprint density at radius 2 is 2.04 bits per heavy atom. The van der Waals surface area contributed by atoms with Crippen LogP contribution in [0.3, 0.4) is 0 Å². The van der Waals surface area contributed by atoms with Crippen LogP contribution in [0.4, 0.5) is 5.69 Å². The van der Waals surface area contributed by atoms with Crippen molar-refractivity contribution in [2.75, 3.05) is 18.0 Å². The summed E-state index contributed by atoms with van der Waals surface area (Å²) in [5.74, 6) is 1.38. The molecule has 6 heteroatoms. The Hall–Kier alpha value is -2.27. The summed E-state index contributed by atoms with van der Waals surface area (Å²) >= 11 is 6.06. The number of anilines is 1. The van der Waals surface area contributed by atoms with Crippen LogP contribution < -0.4 is 10.2 Å². The normalized spacial score (nSPS) is 15.4. The average molecular weight is 361 g/mol. The number of hydrogen-bond donors (Lipinski definition) is 1. The van der Waals surface area contributed by atoms with Crippen LogP contribution in [0.2, 0.25) is 5.02 Å². The second-order valence-electron chi connectivity index (χ2n) is 6.79. The van der Waals surface area contributed by atoms with Crippen molar-refractivity contribution in [1.29, 1.82) is 0 Å². The van der Waals surface area contributed by atoms with E-state index in [1.54, 1.807) is 18.2 Å². The molecule has 5 nitrogen and oxygen atoms in total. The first-order chi connectivity index (χ1) is 11.8. The standard InChI is InChI=1S/C19H21ClN2O3/c1-12-4-6-14(25-12)8-9-21-17(23)11-22-16-7-5-13(20)10-15(16)19(2,3)18(22)24/h4-7,10H,8-9,11H2,1-3H3,(H,21,23). The number of hydrogen-bond acceptors (Lipinski definition) is 3. The van der Waals surface area contributed by atoms with Crippen molar-refractivity contribution in [2.45, 2.75) is 32.6 Å². The number of nitrogens with one attached hydrogen (secondary N) is 1. The Morgan fingerprint density at radius 1 is 1.28 bits per heavy atom. The highest BCUT2D eigenvalue weighted by Crippen LogP contribution is 2.42. The van der Waals surface area contributed by atoms with Gasteiger partial charge in [0.2, 0.25) is 11.8 Å². The molecule has 0 bridgehead atoms. The molecule has 1 aromatic heterocycles. The largest absolute Gasteiger partial charge is 0.466 e. The fraction of sp³-hybridized carbons (Fsp3) is 0.368. The van der Waals surface area contributed by atoms with Gasteiger partial charge >= 0.3 is 0 Å². The molecule has 0 spiro atoms. The predicted octanol–water partition coefficient (Wildman–Crippen LogP) is 3.22. The van der Waals surface area contributed by atoms with Crippen molar-refractivity contribution in [2.24, 2.45) is 0 Å². The lowest BCUT2D eigenvalue weighted by Gasteiger charge is -2.20. The van der Waals surface area contributed by atoms with Crippen LogP contribution >= 0.6 is 11.6 Å². The third-order valence-corrected chi connectivity index (χ3v) is 4.73. The Bertz CT molecular complexity index is 826. The Labute approximate surface area is 151 Å². The number of benzene rings is 1. The van der Waals surface area contributed by atoms with Crippen LogP contribution in [0.15, 0.2) is 34.7 Å². The number of carbonyl (C=O) groups excluding carboxylic acids is 2. The van der Waals surface area contributed by atoms with Crippen molar-refractivity contribution >= 4 is 29.1 Å². The first-order valence-electron chi connectivity index (χ1n) is 8.23. The van der Waals surface area contributed by atoms with Crippen molar-refractivity contribution in [3.63, 3.8) is 0 Å². The zero-order chi connectivity index (χ0) is 18.2. The molecule has 0 aliphatic carbocycles. The first-order valence-corrected chi connectivity index (χ1v) is 8.61. The molecular weight excluding hydrogens is 340 g/mol. The molecule has 132 valence electrons. The molecule has 25 heavy (non-hydrogen) atoms. The topological polar surface area (TPSA) is 62.6 Å². The van der Waals surface area contributed by atoms with Gasteiger partial charge < -0.3 is 14.6 Å². The van der Waals surface area contributed by atoms with Gasteiger partial charge in [-0.2, -0.15) is 0 Å². The molecule has 1 N–H and O–H groups in total. The van der Waals surface area contributed by atoms with E-state index in [4.69, 9.17) is 16.0 Å². The van der Waals surface area contributed by atoms with E-state index in [-0.39, 0.29) is 18.4 Å². The minimum absolute atomic E-state index is 0.00587. The SMILES string of the molecule is Cc1ccc(CCNC(=O)CN2C(=O)C(C)(C)c3cc(Cl)ccc32)o1. The summed E-state index contributed by atoms with van der Waals surface area (Å²) in [5, 5.41) is 3.42. The van der Waals surface area contributed by atoms with Crippen molar-refractivity contribution in [3.8, 4) is 0 Å². The van der Waals surface area contributed by atoms with Gasteiger partial charge in [-0.1, -0.05) is 11.6 Å². The van der Waals surface area contributed by atoms with E-state index in [1.807, 2.05) is 32.9 Å². The lowest BCUT2D eigenvalue weighted by molar-refractivity contribution is -0.125. The summed E-state index contributed by atoms with van der Waals surface area (Å²) < 4.78 is 5.47. The molecule has 1 aromatic carbocycles. The lowest BCUT2D eigenvalue weighted by Crippen LogP contribution is -2.43. The monoisotopic (exact) mass is 360 g/mol. The van der Waals surface area contributed by atoms with Gasteiger partial charge in [0.1, 0.15) is 18.1 Å². The minimum atomic E-state index is -0.688. The van der Waals surface area contributed by atoms with Crippen molar-refractivity contribution < 1.29 is 14.0 Å². The minimum Gasteiger partial charge on any atom is -0.466 e. The van der Waals surface area contributed by atoms with Gasteiger partial charge in [-0.05, 0) is 56.7 Å². The number of halogens is 1.